The summed E-state index contributed by atoms with van der Waals surface area (Å²) in [5, 5.41) is 22.9. The quantitative estimate of drug-likeness (QED) is 0.308. The van der Waals surface area contributed by atoms with Gasteiger partial charge in [-0.15, -0.1) is 6.42 Å². The van der Waals surface area contributed by atoms with E-state index < -0.39 is 11.9 Å². The number of aliphatic hydroxyl groups is 1. The number of benzene rings is 2. The standard InChI is InChI=1S/C37H40FN5O4/c1-3-26-29(38)10-8-23-15-25(44)18-28(34(23)26)22-7-9-27-30(16-22)39-36(47-21-37-11-5-13-42(37)14-6-12-37)40-35(27)41-19-24-17-32(45)31(20-41)43(24)33(46)4-2/h1,4,8,10,15,18,22,24,31-32,44-45H,2,5-7,9,11-14,16-17,19-21H2/t22-,24+,31+,32-/m0/s1. The number of aliphatic hydroxyl groups excluding tert-OH is 1. The molecule has 244 valence electrons. The van der Waals surface area contributed by atoms with E-state index >= 15 is 0 Å². The normalized spacial score (nSPS) is 26.2. The first-order valence-corrected chi connectivity index (χ1v) is 16.9. The molecular weight excluding hydrogens is 597 g/mol. The van der Waals surface area contributed by atoms with Crippen molar-refractivity contribution in [2.45, 2.75) is 81.0 Å². The molecule has 4 aliphatic heterocycles. The lowest BCUT2D eigenvalue weighted by molar-refractivity contribution is -0.130. The predicted molar refractivity (Wildman–Crippen MR) is 176 cm³/mol. The highest BCUT2D eigenvalue weighted by molar-refractivity contribution is 5.93. The summed E-state index contributed by atoms with van der Waals surface area (Å²) in [6, 6.07) is 6.16. The maximum absolute atomic E-state index is 14.9. The van der Waals surface area contributed by atoms with Crippen LogP contribution in [0.25, 0.3) is 10.8 Å². The molecule has 0 unspecified atom stereocenters. The fourth-order valence-electron chi connectivity index (χ4n) is 9.30. The van der Waals surface area contributed by atoms with Gasteiger partial charge in [-0.25, -0.2) is 4.39 Å². The second-order valence-electron chi connectivity index (χ2n) is 14.0. The van der Waals surface area contributed by atoms with Crippen LogP contribution in [-0.2, 0) is 17.6 Å². The molecule has 4 atom stereocenters. The van der Waals surface area contributed by atoms with Crippen LogP contribution in [0.15, 0.2) is 36.9 Å². The largest absolute Gasteiger partial charge is 0.508 e. The van der Waals surface area contributed by atoms with Gasteiger partial charge >= 0.3 is 6.01 Å². The zero-order valence-corrected chi connectivity index (χ0v) is 26.5. The molecule has 10 heteroatoms. The van der Waals surface area contributed by atoms with E-state index in [4.69, 9.17) is 21.1 Å². The van der Waals surface area contributed by atoms with Crippen molar-refractivity contribution >= 4 is 22.5 Å². The van der Waals surface area contributed by atoms with Crippen LogP contribution < -0.4 is 9.64 Å². The number of ether oxygens (including phenoxy) is 1. The van der Waals surface area contributed by atoms with Crippen LogP contribution in [0.5, 0.6) is 11.8 Å². The maximum atomic E-state index is 14.9. The number of aromatic hydroxyl groups is 1. The molecule has 9 nitrogen and oxygen atoms in total. The van der Waals surface area contributed by atoms with Gasteiger partial charge < -0.3 is 24.7 Å². The van der Waals surface area contributed by atoms with Crippen molar-refractivity contribution in [3.63, 3.8) is 0 Å². The topological polar surface area (TPSA) is 102 Å². The lowest BCUT2D eigenvalue weighted by Crippen LogP contribution is -2.57. The molecule has 1 aliphatic carbocycles. The smallest absolute Gasteiger partial charge is 0.318 e. The van der Waals surface area contributed by atoms with E-state index in [2.05, 4.69) is 22.3 Å². The fraction of sp³-hybridized carbons (Fsp3) is 0.486. The third-order valence-corrected chi connectivity index (χ3v) is 11.5. The summed E-state index contributed by atoms with van der Waals surface area (Å²) in [6.07, 6.45) is 13.5. The van der Waals surface area contributed by atoms with Gasteiger partial charge in [0.15, 0.2) is 0 Å². The second-order valence-corrected chi connectivity index (χ2v) is 14.0. The molecule has 5 heterocycles. The monoisotopic (exact) mass is 637 g/mol. The molecule has 2 bridgehead atoms. The first-order chi connectivity index (χ1) is 22.8. The van der Waals surface area contributed by atoms with Gasteiger partial charge in [0, 0.05) is 24.0 Å². The Labute approximate surface area is 274 Å². The molecule has 1 amide bonds. The Morgan fingerprint density at radius 3 is 2.77 bits per heavy atom. The number of phenolic OH excluding ortho intramolecular Hbond substituents is 1. The van der Waals surface area contributed by atoms with Crippen LogP contribution in [-0.4, -0.2) is 92.4 Å². The highest BCUT2D eigenvalue weighted by atomic mass is 19.1. The van der Waals surface area contributed by atoms with Gasteiger partial charge in [-0.1, -0.05) is 18.6 Å². The SMILES string of the molecule is C#Cc1c(F)ccc2cc(O)cc([C@H]3CCc4c(nc(OCC56CCCN5CCC6)nc4N4C[C@H]5C[C@H](O)[C@@H](C4)N5C(=O)C=C)C3)c12. The number of nitrogens with zero attached hydrogens (tertiary/aromatic N) is 5. The predicted octanol–water partition coefficient (Wildman–Crippen LogP) is 4.07. The number of rotatable bonds is 6. The zero-order chi connectivity index (χ0) is 32.4. The van der Waals surface area contributed by atoms with Crippen LogP contribution in [0.3, 0.4) is 0 Å². The summed E-state index contributed by atoms with van der Waals surface area (Å²) in [5.41, 5.74) is 2.93. The summed E-state index contributed by atoms with van der Waals surface area (Å²) in [7, 11) is 0. The van der Waals surface area contributed by atoms with Crippen LogP contribution in [0.2, 0.25) is 0 Å². The van der Waals surface area contributed by atoms with Crippen molar-refractivity contribution in [2.75, 3.05) is 37.7 Å². The number of anilines is 1. The Hall–Kier alpha value is -4.20. The number of fused-ring (bicyclic) bond motifs is 5. The molecule has 4 saturated heterocycles. The average Bonchev–Trinajstić information content (AvgIpc) is 3.71. The summed E-state index contributed by atoms with van der Waals surface area (Å²) >= 11 is 0. The second kappa shape index (κ2) is 11.5. The van der Waals surface area contributed by atoms with E-state index in [1.165, 1.54) is 12.1 Å². The number of aromatic nitrogens is 2. The van der Waals surface area contributed by atoms with Crippen molar-refractivity contribution in [1.82, 2.24) is 19.8 Å². The molecule has 0 saturated carbocycles. The number of halogens is 1. The van der Waals surface area contributed by atoms with E-state index in [9.17, 15) is 19.4 Å². The van der Waals surface area contributed by atoms with Gasteiger partial charge in [0.1, 0.15) is 24.0 Å². The molecule has 47 heavy (non-hydrogen) atoms. The lowest BCUT2D eigenvalue weighted by atomic mass is 9.79. The molecule has 8 rings (SSSR count). The van der Waals surface area contributed by atoms with Gasteiger partial charge in [-0.05, 0) is 106 Å². The lowest BCUT2D eigenvalue weighted by Gasteiger charge is -2.42. The number of piperazine rings is 1. The van der Waals surface area contributed by atoms with Gasteiger partial charge in [0.05, 0.1) is 35.0 Å². The number of terminal acetylenes is 1. The third-order valence-electron chi connectivity index (χ3n) is 11.5. The van der Waals surface area contributed by atoms with E-state index in [1.54, 1.807) is 23.1 Å². The van der Waals surface area contributed by atoms with Crippen LogP contribution in [0.1, 0.15) is 66.8 Å². The minimum Gasteiger partial charge on any atom is -0.508 e. The summed E-state index contributed by atoms with van der Waals surface area (Å²) in [6.45, 7) is 7.39. The van der Waals surface area contributed by atoms with Gasteiger partial charge in [0.2, 0.25) is 5.91 Å². The van der Waals surface area contributed by atoms with Crippen molar-refractivity contribution in [3.05, 3.63) is 65.1 Å². The number of phenols is 1. The number of hydrogen-bond acceptors (Lipinski definition) is 8. The Balaban J connectivity index is 1.17. The van der Waals surface area contributed by atoms with Gasteiger partial charge in [0.25, 0.3) is 0 Å². The zero-order valence-electron chi connectivity index (χ0n) is 26.5. The molecule has 3 aromatic rings. The molecule has 4 fully saturated rings. The van der Waals surface area contributed by atoms with E-state index in [1.807, 2.05) is 0 Å². The van der Waals surface area contributed by atoms with Crippen molar-refractivity contribution in [2.24, 2.45) is 0 Å². The maximum Gasteiger partial charge on any atom is 0.318 e. The fourth-order valence-corrected chi connectivity index (χ4v) is 9.30. The molecule has 1 aromatic heterocycles. The molecule has 2 N–H and O–H groups in total. The number of carbonyl (C=O) groups excluding carboxylic acids is 1. The highest BCUT2D eigenvalue weighted by Gasteiger charge is 2.49. The molecule has 5 aliphatic rings. The number of carbonyl (C=O) groups is 1. The van der Waals surface area contributed by atoms with Crippen LogP contribution in [0, 0.1) is 18.2 Å². The minimum atomic E-state index is -0.619. The van der Waals surface area contributed by atoms with Crippen LogP contribution in [0.4, 0.5) is 10.2 Å². The summed E-state index contributed by atoms with van der Waals surface area (Å²) in [4.78, 5) is 29.3. The first kappa shape index (κ1) is 30.2. The van der Waals surface area contributed by atoms with Crippen molar-refractivity contribution in [3.8, 4) is 24.1 Å². The Bertz CT molecular complexity index is 1810. The third kappa shape index (κ3) is 4.94. The van der Waals surface area contributed by atoms with E-state index in [0.29, 0.717) is 55.7 Å². The summed E-state index contributed by atoms with van der Waals surface area (Å²) in [5.74, 6) is 2.76. The Morgan fingerprint density at radius 1 is 1.21 bits per heavy atom. The number of amides is 1. The first-order valence-electron chi connectivity index (χ1n) is 16.9. The highest BCUT2D eigenvalue weighted by Crippen LogP contribution is 2.44. The van der Waals surface area contributed by atoms with Gasteiger partial charge in [-0.2, -0.15) is 9.97 Å². The molecular formula is C37H40FN5O4. The Kier molecular flexibility index (Phi) is 7.38. The minimum absolute atomic E-state index is 0.0258. The van der Waals surface area contributed by atoms with E-state index in [0.717, 1.165) is 67.8 Å². The van der Waals surface area contributed by atoms with Crippen molar-refractivity contribution in [1.29, 1.82) is 0 Å². The number of hydrogen-bond donors (Lipinski definition) is 2. The van der Waals surface area contributed by atoms with Crippen molar-refractivity contribution < 1.29 is 24.1 Å². The molecule has 2 aromatic carbocycles. The Morgan fingerprint density at radius 2 is 2.02 bits per heavy atom. The van der Waals surface area contributed by atoms with Crippen LogP contribution >= 0.6 is 0 Å². The average molecular weight is 638 g/mol. The van der Waals surface area contributed by atoms with E-state index in [-0.39, 0.29) is 40.8 Å². The van der Waals surface area contributed by atoms with Gasteiger partial charge in [-0.3, -0.25) is 9.69 Å². The molecule has 0 radical (unpaired) electrons. The summed E-state index contributed by atoms with van der Waals surface area (Å²) < 4.78 is 21.4. The molecule has 0 spiro atoms.